The van der Waals surface area contributed by atoms with E-state index in [4.69, 9.17) is 11.6 Å². The molecule has 0 radical (unpaired) electrons. The first kappa shape index (κ1) is 19.6. The van der Waals surface area contributed by atoms with Crippen molar-refractivity contribution < 1.29 is 9.90 Å². The molecule has 4 aliphatic carbocycles. The Balaban J connectivity index is 1.52. The molecule has 2 N–H and O–H groups in total. The maximum absolute atomic E-state index is 13.3. The second-order valence-electron chi connectivity index (χ2n) is 9.76. The molecular formula is C21H25ClN5O3-. The van der Waals surface area contributed by atoms with Gasteiger partial charge in [0.1, 0.15) is 5.02 Å². The highest BCUT2D eigenvalue weighted by Crippen LogP contribution is 2.64. The molecule has 160 valence electrons. The Morgan fingerprint density at radius 2 is 2.03 bits per heavy atom. The Hall–Kier alpha value is -2.35. The van der Waals surface area contributed by atoms with Crippen molar-refractivity contribution in [1.82, 2.24) is 20.0 Å². The van der Waals surface area contributed by atoms with E-state index >= 15 is 0 Å². The van der Waals surface area contributed by atoms with Crippen LogP contribution in [0.2, 0.25) is 5.02 Å². The Morgan fingerprint density at radius 3 is 2.63 bits per heavy atom. The molecule has 9 heteroatoms. The number of halogens is 1. The van der Waals surface area contributed by atoms with E-state index in [1.165, 1.54) is 0 Å². The van der Waals surface area contributed by atoms with Crippen LogP contribution in [0.25, 0.3) is 0 Å². The third-order valence-electron chi connectivity index (χ3n) is 7.43. The number of carboxylic acid groups (broad SMARTS) is 1. The Bertz CT molecular complexity index is 1060. The average Bonchev–Trinajstić information content (AvgIpc) is 2.95. The van der Waals surface area contributed by atoms with E-state index in [0.29, 0.717) is 23.9 Å². The molecule has 2 heterocycles. The van der Waals surface area contributed by atoms with Gasteiger partial charge in [0.15, 0.2) is 0 Å². The summed E-state index contributed by atoms with van der Waals surface area (Å²) in [5, 5.41) is 26.3. The molecule has 4 bridgehead atoms. The van der Waals surface area contributed by atoms with Gasteiger partial charge in [-0.3, -0.25) is 9.89 Å². The predicted molar refractivity (Wildman–Crippen MR) is 110 cm³/mol. The van der Waals surface area contributed by atoms with E-state index in [9.17, 15) is 14.7 Å². The van der Waals surface area contributed by atoms with E-state index in [1.807, 2.05) is 13.8 Å². The third kappa shape index (κ3) is 2.95. The number of aromatic nitrogens is 4. The number of aromatic amines is 1. The highest BCUT2D eigenvalue weighted by atomic mass is 35.5. The number of hydrogen-bond donors (Lipinski definition) is 2. The van der Waals surface area contributed by atoms with Crippen LogP contribution in [-0.2, 0) is 10.3 Å². The number of carbonyl (C=O) groups excluding carboxylic acids is 1. The molecule has 2 unspecified atom stereocenters. The smallest absolute Gasteiger partial charge is 0.288 e. The van der Waals surface area contributed by atoms with Gasteiger partial charge in [-0.15, -0.1) is 0 Å². The molecule has 2 aromatic heterocycles. The van der Waals surface area contributed by atoms with Crippen LogP contribution in [0.3, 0.4) is 0 Å². The zero-order valence-electron chi connectivity index (χ0n) is 17.1. The topological polar surface area (TPSA) is 116 Å². The quantitative estimate of drug-likeness (QED) is 0.752. The molecule has 4 saturated carbocycles. The molecule has 4 aliphatic rings. The molecule has 4 atom stereocenters. The SMILES string of the molecule is Cc1n[nH]c(C)c1Nc1cnn(C23C[C@@H]4C[C@@H](CC(CC(=O)[O-])(C4)C2)C3)c(=O)c1Cl. The summed E-state index contributed by atoms with van der Waals surface area (Å²) in [5.41, 5.74) is 1.76. The number of nitrogens with zero attached hydrogens (tertiary/aromatic N) is 3. The van der Waals surface area contributed by atoms with Crippen LogP contribution >= 0.6 is 11.6 Å². The van der Waals surface area contributed by atoms with Gasteiger partial charge in [-0.1, -0.05) is 11.6 Å². The van der Waals surface area contributed by atoms with Gasteiger partial charge in [-0.05, 0) is 76.0 Å². The number of aryl methyl sites for hydroxylation is 2. The van der Waals surface area contributed by atoms with Gasteiger partial charge in [0, 0.05) is 5.97 Å². The van der Waals surface area contributed by atoms with Crippen molar-refractivity contribution in [3.63, 3.8) is 0 Å². The largest absolute Gasteiger partial charge is 0.550 e. The van der Waals surface area contributed by atoms with Gasteiger partial charge in [0.25, 0.3) is 5.56 Å². The lowest BCUT2D eigenvalue weighted by molar-refractivity contribution is -0.310. The Labute approximate surface area is 179 Å². The summed E-state index contributed by atoms with van der Waals surface area (Å²) in [6.45, 7) is 3.75. The summed E-state index contributed by atoms with van der Waals surface area (Å²) in [5.74, 6) is -0.157. The second-order valence-corrected chi connectivity index (χ2v) is 10.1. The molecule has 8 nitrogen and oxygen atoms in total. The average molecular weight is 431 g/mol. The monoisotopic (exact) mass is 430 g/mol. The van der Waals surface area contributed by atoms with E-state index in [0.717, 1.165) is 49.2 Å². The molecule has 2 aromatic rings. The molecule has 0 aliphatic heterocycles. The predicted octanol–water partition coefficient (Wildman–Crippen LogP) is 2.42. The van der Waals surface area contributed by atoms with Crippen LogP contribution in [0.1, 0.15) is 56.3 Å². The minimum Gasteiger partial charge on any atom is -0.550 e. The molecular weight excluding hydrogens is 406 g/mol. The van der Waals surface area contributed by atoms with E-state index in [2.05, 4.69) is 20.6 Å². The zero-order chi connectivity index (χ0) is 21.3. The fraction of sp³-hybridized carbons (Fsp3) is 0.619. The third-order valence-corrected chi connectivity index (χ3v) is 7.79. The number of anilines is 2. The lowest BCUT2D eigenvalue weighted by Crippen LogP contribution is -2.60. The van der Waals surface area contributed by atoms with Crippen LogP contribution in [0.4, 0.5) is 11.4 Å². The normalized spacial score (nSPS) is 31.8. The van der Waals surface area contributed by atoms with Crippen molar-refractivity contribution >= 4 is 28.9 Å². The maximum Gasteiger partial charge on any atom is 0.288 e. The summed E-state index contributed by atoms with van der Waals surface area (Å²) >= 11 is 6.51. The number of H-pyrrole nitrogens is 1. The van der Waals surface area contributed by atoms with Crippen LogP contribution in [0.15, 0.2) is 11.0 Å². The summed E-state index contributed by atoms with van der Waals surface area (Å²) < 4.78 is 1.55. The number of carboxylic acids is 1. The Kier molecular flexibility index (Phi) is 4.29. The van der Waals surface area contributed by atoms with Gasteiger partial charge in [0.2, 0.25) is 0 Å². The zero-order valence-corrected chi connectivity index (χ0v) is 17.9. The number of rotatable bonds is 5. The van der Waals surface area contributed by atoms with E-state index < -0.39 is 11.5 Å². The van der Waals surface area contributed by atoms with Gasteiger partial charge < -0.3 is 15.2 Å². The van der Waals surface area contributed by atoms with Crippen molar-refractivity contribution in [1.29, 1.82) is 0 Å². The number of aliphatic carboxylic acids is 1. The summed E-state index contributed by atoms with van der Waals surface area (Å²) in [4.78, 5) is 24.8. The lowest BCUT2D eigenvalue weighted by atomic mass is 9.46. The molecule has 0 spiro atoms. The summed E-state index contributed by atoms with van der Waals surface area (Å²) in [6, 6.07) is 0. The first-order chi connectivity index (χ1) is 14.2. The van der Waals surface area contributed by atoms with E-state index in [1.54, 1.807) is 10.9 Å². The minimum absolute atomic E-state index is 0.0584. The van der Waals surface area contributed by atoms with Gasteiger partial charge in [0.05, 0.1) is 34.5 Å². The van der Waals surface area contributed by atoms with Crippen molar-refractivity contribution in [2.45, 2.75) is 64.3 Å². The number of hydrogen-bond acceptors (Lipinski definition) is 6. The van der Waals surface area contributed by atoms with Gasteiger partial charge >= 0.3 is 0 Å². The van der Waals surface area contributed by atoms with Crippen LogP contribution in [0, 0.1) is 31.1 Å². The highest BCUT2D eigenvalue weighted by Gasteiger charge is 2.59. The lowest BCUT2D eigenvalue weighted by Gasteiger charge is -2.62. The minimum atomic E-state index is -1.00. The molecule has 0 saturated heterocycles. The maximum atomic E-state index is 13.3. The van der Waals surface area contributed by atoms with Crippen molar-refractivity contribution in [2.75, 3.05) is 5.32 Å². The second kappa shape index (κ2) is 6.57. The fourth-order valence-corrected chi connectivity index (χ4v) is 7.07. The van der Waals surface area contributed by atoms with E-state index in [-0.39, 0.29) is 22.4 Å². The number of nitrogens with one attached hydrogen (secondary N) is 2. The standard InChI is InChI=1S/C21H26ClN5O3/c1-11-18(12(2)26-25-11)24-15-9-23-27(19(30)17(15)22)21-6-13-3-14(7-21)5-20(4-13,10-21)8-16(28)29/h9,13-14,24H,3-8,10H2,1-2H3,(H,25,26)(H,28,29)/p-1/t13-,14+,20?,21?. The van der Waals surface area contributed by atoms with Gasteiger partial charge in [-0.2, -0.15) is 10.2 Å². The molecule has 0 aromatic carbocycles. The van der Waals surface area contributed by atoms with Crippen LogP contribution in [-0.4, -0.2) is 25.9 Å². The molecule has 6 rings (SSSR count). The first-order valence-corrected chi connectivity index (χ1v) is 10.8. The van der Waals surface area contributed by atoms with Crippen molar-refractivity contribution in [3.8, 4) is 0 Å². The van der Waals surface area contributed by atoms with Crippen molar-refractivity contribution in [3.05, 3.63) is 33.0 Å². The summed E-state index contributed by atoms with van der Waals surface area (Å²) in [7, 11) is 0. The molecule has 4 fully saturated rings. The van der Waals surface area contributed by atoms with Crippen LogP contribution in [0.5, 0.6) is 0 Å². The first-order valence-electron chi connectivity index (χ1n) is 10.5. The Morgan fingerprint density at radius 1 is 1.33 bits per heavy atom. The highest BCUT2D eigenvalue weighted by molar-refractivity contribution is 6.33. The van der Waals surface area contributed by atoms with Crippen molar-refractivity contribution in [2.24, 2.45) is 17.3 Å². The summed E-state index contributed by atoms with van der Waals surface area (Å²) in [6.07, 6.45) is 6.93. The van der Waals surface area contributed by atoms with Gasteiger partial charge in [-0.25, -0.2) is 4.68 Å². The van der Waals surface area contributed by atoms with Crippen LogP contribution < -0.4 is 16.0 Å². The molecule has 30 heavy (non-hydrogen) atoms. The number of carbonyl (C=O) groups is 1. The fourth-order valence-electron chi connectivity index (χ4n) is 6.89. The molecule has 0 amide bonds.